The van der Waals surface area contributed by atoms with Crippen LogP contribution in [0.3, 0.4) is 0 Å². The highest BCUT2D eigenvalue weighted by atomic mass is 32.2. The summed E-state index contributed by atoms with van der Waals surface area (Å²) >= 11 is 0. The van der Waals surface area contributed by atoms with Crippen LogP contribution in [0.2, 0.25) is 0 Å². The molecule has 0 heterocycles. The predicted molar refractivity (Wildman–Crippen MR) is 68.5 cm³/mol. The van der Waals surface area contributed by atoms with E-state index < -0.39 is 9.84 Å². The van der Waals surface area contributed by atoms with Crippen molar-refractivity contribution in [1.29, 1.82) is 0 Å². The largest absolute Gasteiger partial charge is 0.313 e. The van der Waals surface area contributed by atoms with Gasteiger partial charge in [-0.15, -0.1) is 0 Å². The van der Waals surface area contributed by atoms with Gasteiger partial charge in [0.2, 0.25) is 0 Å². The molecule has 2 bridgehead atoms. The first-order chi connectivity index (χ1) is 8.04. The van der Waals surface area contributed by atoms with Crippen molar-refractivity contribution in [3.05, 3.63) is 0 Å². The fraction of sp³-hybridized carbons (Fsp3) is 1.00. The smallest absolute Gasteiger partial charge is 0.148 e. The summed E-state index contributed by atoms with van der Waals surface area (Å²) in [4.78, 5) is 0. The lowest BCUT2D eigenvalue weighted by Crippen LogP contribution is -2.41. The molecule has 0 amide bonds. The fourth-order valence-corrected chi connectivity index (χ4v) is 5.22. The van der Waals surface area contributed by atoms with Gasteiger partial charge in [-0.2, -0.15) is 0 Å². The second-order valence-electron chi connectivity index (χ2n) is 6.34. The summed E-state index contributed by atoms with van der Waals surface area (Å²) < 4.78 is 22.2. The molecule has 4 heteroatoms. The normalized spacial score (nSPS) is 44.2. The zero-order chi connectivity index (χ0) is 12.0. The van der Waals surface area contributed by atoms with Crippen molar-refractivity contribution < 1.29 is 8.42 Å². The van der Waals surface area contributed by atoms with Crippen LogP contribution in [-0.2, 0) is 9.84 Å². The van der Waals surface area contributed by atoms with Crippen molar-refractivity contribution >= 4 is 9.84 Å². The topological polar surface area (TPSA) is 46.2 Å². The van der Waals surface area contributed by atoms with Crippen molar-refractivity contribution in [2.24, 2.45) is 23.7 Å². The Balaban J connectivity index is 1.54. The Kier molecular flexibility index (Phi) is 2.98. The Morgan fingerprint density at radius 3 is 2.65 bits per heavy atom. The Morgan fingerprint density at radius 2 is 1.88 bits per heavy atom. The molecule has 0 aromatic rings. The van der Waals surface area contributed by atoms with E-state index in [1.807, 2.05) is 0 Å². The maximum atomic E-state index is 11.1. The number of hydrogen-bond donors (Lipinski definition) is 1. The molecule has 3 aliphatic carbocycles. The van der Waals surface area contributed by atoms with Gasteiger partial charge < -0.3 is 5.32 Å². The summed E-state index contributed by atoms with van der Waals surface area (Å²) in [6, 6.07) is 0.612. The molecule has 3 nitrogen and oxygen atoms in total. The van der Waals surface area contributed by atoms with E-state index in [1.165, 1.54) is 38.4 Å². The Hall–Kier alpha value is -0.0900. The number of nitrogens with one attached hydrogen (secondary N) is 1. The maximum absolute atomic E-state index is 11.1. The van der Waals surface area contributed by atoms with Crippen LogP contribution in [0.25, 0.3) is 0 Å². The van der Waals surface area contributed by atoms with Crippen molar-refractivity contribution in [2.75, 3.05) is 18.6 Å². The summed E-state index contributed by atoms with van der Waals surface area (Å²) in [5, 5.41) is 3.50. The van der Waals surface area contributed by atoms with Gasteiger partial charge in [-0.25, -0.2) is 8.42 Å². The van der Waals surface area contributed by atoms with Crippen LogP contribution in [0.5, 0.6) is 0 Å². The van der Waals surface area contributed by atoms with E-state index in [0.717, 1.165) is 23.7 Å². The molecule has 17 heavy (non-hydrogen) atoms. The van der Waals surface area contributed by atoms with E-state index in [2.05, 4.69) is 5.32 Å². The molecule has 0 aromatic heterocycles. The molecule has 0 saturated heterocycles. The number of sulfone groups is 1. The third-order valence-corrected chi connectivity index (χ3v) is 6.25. The van der Waals surface area contributed by atoms with Gasteiger partial charge in [0.15, 0.2) is 0 Å². The molecule has 0 aliphatic heterocycles. The number of fused-ring (bicyclic) bond motifs is 5. The van der Waals surface area contributed by atoms with E-state index in [-0.39, 0.29) is 5.75 Å². The summed E-state index contributed by atoms with van der Waals surface area (Å²) in [5.74, 6) is 4.07. The van der Waals surface area contributed by atoms with E-state index in [1.54, 1.807) is 0 Å². The predicted octanol–water partition coefficient (Wildman–Crippen LogP) is 1.45. The summed E-state index contributed by atoms with van der Waals surface area (Å²) in [6.45, 7) is 0.643. The molecule has 5 unspecified atom stereocenters. The number of rotatable bonds is 4. The molecule has 3 fully saturated rings. The lowest BCUT2D eigenvalue weighted by atomic mass is 9.79. The van der Waals surface area contributed by atoms with Crippen LogP contribution in [0.4, 0.5) is 0 Å². The highest BCUT2D eigenvalue weighted by Gasteiger charge is 2.53. The second kappa shape index (κ2) is 4.23. The van der Waals surface area contributed by atoms with Crippen LogP contribution in [0.15, 0.2) is 0 Å². The van der Waals surface area contributed by atoms with Gasteiger partial charge in [-0.3, -0.25) is 0 Å². The maximum Gasteiger partial charge on any atom is 0.148 e. The van der Waals surface area contributed by atoms with Crippen molar-refractivity contribution in [1.82, 2.24) is 5.32 Å². The zero-order valence-corrected chi connectivity index (χ0v) is 11.4. The third-order valence-electron chi connectivity index (χ3n) is 5.31. The van der Waals surface area contributed by atoms with Crippen molar-refractivity contribution in [3.8, 4) is 0 Å². The average Bonchev–Trinajstić information content (AvgIpc) is 2.85. The van der Waals surface area contributed by atoms with Gasteiger partial charge in [0.25, 0.3) is 0 Å². The minimum Gasteiger partial charge on any atom is -0.313 e. The Labute approximate surface area is 104 Å². The SMILES string of the molecule is CS(=O)(=O)CCNC1CC2CC1C1CCCC21. The van der Waals surface area contributed by atoms with E-state index in [0.29, 0.717) is 12.6 Å². The van der Waals surface area contributed by atoms with Gasteiger partial charge >= 0.3 is 0 Å². The standard InChI is InChI=1S/C13H23NO2S/c1-17(15,16)6-5-14-13-8-9-7-12(13)11-4-2-3-10(9)11/h9-14H,2-8H2,1H3. The first-order valence-electron chi connectivity index (χ1n) is 6.96. The molecule has 5 atom stereocenters. The molecule has 0 spiro atoms. The molecule has 1 N–H and O–H groups in total. The molecular formula is C13H23NO2S. The molecule has 3 aliphatic rings. The van der Waals surface area contributed by atoms with Crippen molar-refractivity contribution in [2.45, 2.75) is 38.1 Å². The monoisotopic (exact) mass is 257 g/mol. The highest BCUT2D eigenvalue weighted by molar-refractivity contribution is 7.90. The summed E-state index contributed by atoms with van der Waals surface area (Å²) in [5.41, 5.74) is 0. The zero-order valence-electron chi connectivity index (χ0n) is 10.6. The minimum atomic E-state index is -2.81. The summed E-state index contributed by atoms with van der Waals surface area (Å²) in [7, 11) is -2.81. The fourth-order valence-electron chi connectivity index (χ4n) is 4.73. The van der Waals surface area contributed by atoms with Crippen LogP contribution in [0, 0.1) is 23.7 Å². The Morgan fingerprint density at radius 1 is 1.12 bits per heavy atom. The first-order valence-corrected chi connectivity index (χ1v) is 9.02. The molecule has 3 saturated carbocycles. The third kappa shape index (κ3) is 2.26. The lowest BCUT2D eigenvalue weighted by molar-refractivity contribution is 0.211. The van der Waals surface area contributed by atoms with Gasteiger partial charge in [0, 0.05) is 18.8 Å². The molecule has 0 aromatic carbocycles. The van der Waals surface area contributed by atoms with Gasteiger partial charge in [-0.1, -0.05) is 6.42 Å². The van der Waals surface area contributed by atoms with Crippen molar-refractivity contribution in [3.63, 3.8) is 0 Å². The van der Waals surface area contributed by atoms with Gasteiger partial charge in [0.1, 0.15) is 9.84 Å². The quantitative estimate of drug-likeness (QED) is 0.829. The minimum absolute atomic E-state index is 0.287. The van der Waals surface area contributed by atoms with Crippen LogP contribution >= 0.6 is 0 Å². The second-order valence-corrected chi connectivity index (χ2v) is 8.60. The molecular weight excluding hydrogens is 234 g/mol. The van der Waals surface area contributed by atoms with Crippen LogP contribution < -0.4 is 5.32 Å². The molecule has 0 radical (unpaired) electrons. The van der Waals surface area contributed by atoms with E-state index >= 15 is 0 Å². The number of hydrogen-bond acceptors (Lipinski definition) is 3. The highest BCUT2D eigenvalue weighted by Crippen LogP contribution is 2.58. The van der Waals surface area contributed by atoms with E-state index in [4.69, 9.17) is 0 Å². The first kappa shape index (κ1) is 12.0. The van der Waals surface area contributed by atoms with Gasteiger partial charge in [0.05, 0.1) is 5.75 Å². The molecule has 3 rings (SSSR count). The molecule has 98 valence electrons. The lowest BCUT2D eigenvalue weighted by Gasteiger charge is -2.32. The summed E-state index contributed by atoms with van der Waals surface area (Å²) in [6.07, 6.45) is 8.35. The Bertz CT molecular complexity index is 392. The van der Waals surface area contributed by atoms with Crippen LogP contribution in [-0.4, -0.2) is 33.0 Å². The van der Waals surface area contributed by atoms with Crippen LogP contribution in [0.1, 0.15) is 32.1 Å². The van der Waals surface area contributed by atoms with Gasteiger partial charge in [-0.05, 0) is 49.4 Å². The van der Waals surface area contributed by atoms with E-state index in [9.17, 15) is 8.42 Å². The average molecular weight is 257 g/mol.